The predicted molar refractivity (Wildman–Crippen MR) is 123 cm³/mol. The Morgan fingerprint density at radius 1 is 1.12 bits per heavy atom. The maximum absolute atomic E-state index is 9.48. The molecule has 0 unspecified atom stereocenters. The first-order valence-corrected chi connectivity index (χ1v) is 10.7. The minimum atomic E-state index is 0.367. The first kappa shape index (κ1) is 20.9. The quantitative estimate of drug-likeness (QED) is 0.503. The average molecular weight is 441 g/mol. The Hall–Kier alpha value is -4.00. The molecule has 1 fully saturated rings. The van der Waals surface area contributed by atoms with E-state index in [9.17, 15) is 5.26 Å². The van der Waals surface area contributed by atoms with E-state index in [2.05, 4.69) is 26.2 Å². The van der Waals surface area contributed by atoms with Gasteiger partial charge in [0.15, 0.2) is 5.65 Å². The van der Waals surface area contributed by atoms with E-state index < -0.39 is 0 Å². The Kier molecular flexibility index (Phi) is 5.60. The van der Waals surface area contributed by atoms with Gasteiger partial charge in [-0.05, 0) is 37.3 Å². The van der Waals surface area contributed by atoms with Gasteiger partial charge in [-0.1, -0.05) is 0 Å². The molecule has 0 spiro atoms. The number of nitrogens with two attached hydrogens (primary N) is 1. The van der Waals surface area contributed by atoms with Crippen LogP contribution in [0.15, 0.2) is 48.8 Å². The minimum Gasteiger partial charge on any atom is -0.456 e. The predicted octanol–water partition coefficient (Wildman–Crippen LogP) is 3.06. The number of benzene rings is 1. The summed E-state index contributed by atoms with van der Waals surface area (Å²) in [5, 5.41) is 17.8. The van der Waals surface area contributed by atoms with E-state index in [0.29, 0.717) is 42.5 Å². The highest BCUT2D eigenvalue weighted by atomic mass is 16.5. The van der Waals surface area contributed by atoms with E-state index in [4.69, 9.17) is 15.2 Å². The second-order valence-corrected chi connectivity index (χ2v) is 7.79. The van der Waals surface area contributed by atoms with Gasteiger partial charge < -0.3 is 20.1 Å². The molecular weight excluding hydrogens is 418 g/mol. The van der Waals surface area contributed by atoms with Crippen molar-refractivity contribution < 1.29 is 9.47 Å². The average Bonchev–Trinajstić information content (AvgIpc) is 3.34. The largest absolute Gasteiger partial charge is 0.456 e. The van der Waals surface area contributed by atoms with Gasteiger partial charge in [-0.15, -0.1) is 10.2 Å². The molecule has 4 heterocycles. The lowest BCUT2D eigenvalue weighted by atomic mass is 10.0. The number of rotatable bonds is 5. The monoisotopic (exact) mass is 441 g/mol. The molecule has 9 heteroatoms. The molecule has 1 saturated heterocycles. The third-order valence-corrected chi connectivity index (χ3v) is 5.63. The Bertz CT molecular complexity index is 1350. The summed E-state index contributed by atoms with van der Waals surface area (Å²) < 4.78 is 13.7. The molecule has 0 amide bonds. The molecule has 0 bridgehead atoms. The topological polar surface area (TPSA) is 115 Å². The van der Waals surface area contributed by atoms with Crippen LogP contribution in [0.5, 0.6) is 11.5 Å². The van der Waals surface area contributed by atoms with Crippen molar-refractivity contribution >= 4 is 11.5 Å². The van der Waals surface area contributed by atoms with Crippen LogP contribution in [0.25, 0.3) is 16.8 Å². The summed E-state index contributed by atoms with van der Waals surface area (Å²) in [6.45, 7) is 5.22. The maximum Gasteiger partial charge on any atom is 0.168 e. The molecule has 0 atom stereocenters. The number of aromatic nitrogens is 4. The van der Waals surface area contributed by atoms with Crippen molar-refractivity contribution in [2.45, 2.75) is 13.5 Å². The Morgan fingerprint density at radius 2 is 1.94 bits per heavy atom. The molecule has 0 aliphatic carbocycles. The van der Waals surface area contributed by atoms with Crippen LogP contribution in [0.2, 0.25) is 0 Å². The van der Waals surface area contributed by atoms with Crippen molar-refractivity contribution in [1.82, 2.24) is 19.6 Å². The third kappa shape index (κ3) is 4.09. The van der Waals surface area contributed by atoms with Gasteiger partial charge in [-0.2, -0.15) is 5.26 Å². The fraction of sp³-hybridized carbons (Fsp3) is 0.250. The summed E-state index contributed by atoms with van der Waals surface area (Å²) >= 11 is 0. The second-order valence-electron chi connectivity index (χ2n) is 7.79. The fourth-order valence-electron chi connectivity index (χ4n) is 4.00. The van der Waals surface area contributed by atoms with Gasteiger partial charge in [0.2, 0.25) is 0 Å². The maximum atomic E-state index is 9.48. The number of anilines is 1. The van der Waals surface area contributed by atoms with Gasteiger partial charge in [0.25, 0.3) is 0 Å². The van der Waals surface area contributed by atoms with Crippen molar-refractivity contribution in [1.29, 1.82) is 5.26 Å². The Morgan fingerprint density at radius 3 is 2.73 bits per heavy atom. The summed E-state index contributed by atoms with van der Waals surface area (Å²) in [5.74, 6) is 2.05. The highest BCUT2D eigenvalue weighted by molar-refractivity contribution is 5.82. The molecule has 1 aliphatic heterocycles. The van der Waals surface area contributed by atoms with Crippen LogP contribution in [0.1, 0.15) is 17.0 Å². The van der Waals surface area contributed by atoms with E-state index in [0.717, 1.165) is 41.4 Å². The second kappa shape index (κ2) is 8.86. The zero-order valence-electron chi connectivity index (χ0n) is 18.2. The molecule has 1 aromatic carbocycles. The van der Waals surface area contributed by atoms with E-state index >= 15 is 0 Å². The normalized spacial score (nSPS) is 13.8. The molecule has 2 N–H and O–H groups in total. The Balaban J connectivity index is 1.58. The summed E-state index contributed by atoms with van der Waals surface area (Å²) in [7, 11) is 0. The summed E-state index contributed by atoms with van der Waals surface area (Å²) in [6, 6.07) is 15.3. The van der Waals surface area contributed by atoms with Gasteiger partial charge in [-0.3, -0.25) is 4.40 Å². The highest BCUT2D eigenvalue weighted by Gasteiger charge is 2.17. The van der Waals surface area contributed by atoms with E-state index in [1.54, 1.807) is 18.5 Å². The van der Waals surface area contributed by atoms with Crippen LogP contribution in [0.3, 0.4) is 0 Å². The first-order chi connectivity index (χ1) is 16.2. The van der Waals surface area contributed by atoms with Crippen molar-refractivity contribution in [3.63, 3.8) is 0 Å². The molecule has 9 nitrogen and oxygen atoms in total. The molecule has 4 aromatic rings. The lowest BCUT2D eigenvalue weighted by Crippen LogP contribution is -2.36. The minimum absolute atomic E-state index is 0.367. The van der Waals surface area contributed by atoms with Crippen LogP contribution >= 0.6 is 0 Å². The van der Waals surface area contributed by atoms with E-state index in [1.165, 1.54) is 0 Å². The number of aryl methyl sites for hydroxylation is 1. The van der Waals surface area contributed by atoms with Crippen LogP contribution < -0.4 is 15.4 Å². The number of fused-ring (bicyclic) bond motifs is 1. The Labute approximate surface area is 191 Å². The third-order valence-electron chi connectivity index (χ3n) is 5.63. The molecule has 1 aliphatic rings. The summed E-state index contributed by atoms with van der Waals surface area (Å²) in [6.07, 6.45) is 1.64. The van der Waals surface area contributed by atoms with Crippen molar-refractivity contribution in [2.24, 2.45) is 5.73 Å². The zero-order chi connectivity index (χ0) is 22.8. The standard InChI is InChI=1S/C24H23N7O2/c1-16-10-19(12-23(28-16)30-6-8-32-9-7-30)33-22-11-17(13-25)2-4-20(22)21-5-3-18(14-26)31-15-27-29-24(21)31/h2-5,10-12,15H,6-9,14,26H2,1H3. The molecule has 0 radical (unpaired) electrons. The number of ether oxygens (including phenoxy) is 2. The molecule has 3 aromatic heterocycles. The van der Waals surface area contributed by atoms with Gasteiger partial charge in [-0.25, -0.2) is 4.98 Å². The van der Waals surface area contributed by atoms with Crippen molar-refractivity contribution in [3.05, 3.63) is 65.7 Å². The van der Waals surface area contributed by atoms with Gasteiger partial charge >= 0.3 is 0 Å². The summed E-state index contributed by atoms with van der Waals surface area (Å²) in [5.41, 5.74) is 10.4. The number of hydrogen-bond donors (Lipinski definition) is 1. The number of hydrogen-bond acceptors (Lipinski definition) is 8. The fourth-order valence-corrected chi connectivity index (χ4v) is 4.00. The van der Waals surface area contributed by atoms with E-state index in [1.807, 2.05) is 41.7 Å². The number of pyridine rings is 2. The molecule has 5 rings (SSSR count). The van der Waals surface area contributed by atoms with Crippen LogP contribution in [0, 0.1) is 18.3 Å². The number of morpholine rings is 1. The van der Waals surface area contributed by atoms with Crippen LogP contribution in [0.4, 0.5) is 5.82 Å². The summed E-state index contributed by atoms with van der Waals surface area (Å²) in [4.78, 5) is 6.85. The van der Waals surface area contributed by atoms with Crippen molar-refractivity contribution in [3.8, 4) is 28.7 Å². The smallest absolute Gasteiger partial charge is 0.168 e. The van der Waals surface area contributed by atoms with Crippen molar-refractivity contribution in [2.75, 3.05) is 31.2 Å². The number of nitrogens with zero attached hydrogens (tertiary/aromatic N) is 6. The van der Waals surface area contributed by atoms with Gasteiger partial charge in [0.05, 0.1) is 24.8 Å². The highest BCUT2D eigenvalue weighted by Crippen LogP contribution is 2.37. The van der Waals surface area contributed by atoms with Gasteiger partial charge in [0, 0.05) is 54.3 Å². The van der Waals surface area contributed by atoms with Crippen LogP contribution in [-0.2, 0) is 11.3 Å². The van der Waals surface area contributed by atoms with Gasteiger partial charge in [0.1, 0.15) is 23.6 Å². The van der Waals surface area contributed by atoms with Crippen LogP contribution in [-0.4, -0.2) is 45.9 Å². The lowest BCUT2D eigenvalue weighted by Gasteiger charge is -2.28. The number of nitriles is 1. The molecule has 33 heavy (non-hydrogen) atoms. The molecule has 166 valence electrons. The SMILES string of the molecule is Cc1cc(Oc2cc(C#N)ccc2-c2ccc(CN)n3cnnc23)cc(N2CCOCC2)n1. The molecule has 0 saturated carbocycles. The first-order valence-electron chi connectivity index (χ1n) is 10.7. The zero-order valence-corrected chi connectivity index (χ0v) is 18.2. The van der Waals surface area contributed by atoms with E-state index in [-0.39, 0.29) is 0 Å². The lowest BCUT2D eigenvalue weighted by molar-refractivity contribution is 0.122. The molecular formula is C24H23N7O2.